The molecule has 0 saturated carbocycles. The Bertz CT molecular complexity index is 3230. The van der Waals surface area contributed by atoms with Gasteiger partial charge in [-0.3, -0.25) is 4.98 Å². The van der Waals surface area contributed by atoms with Crippen molar-refractivity contribution in [3.8, 4) is 50.6 Å². The van der Waals surface area contributed by atoms with Gasteiger partial charge in [-0.1, -0.05) is 157 Å². The van der Waals surface area contributed by atoms with E-state index in [1.54, 1.807) is 6.20 Å². The molecule has 3 aromatic heterocycles. The number of aromatic nitrogens is 3. The summed E-state index contributed by atoms with van der Waals surface area (Å²) in [6.07, 6.45) is 4.22. The van der Waals surface area contributed by atoms with Gasteiger partial charge in [0.2, 0.25) is 0 Å². The van der Waals surface area contributed by atoms with Crippen LogP contribution < -0.4 is 0 Å². The molecule has 0 N–H and O–H groups in total. The van der Waals surface area contributed by atoms with Gasteiger partial charge >= 0.3 is 0 Å². The van der Waals surface area contributed by atoms with Crippen LogP contribution in [0.5, 0.6) is 0 Å². The molecule has 0 atom stereocenters. The van der Waals surface area contributed by atoms with Crippen molar-refractivity contribution in [2.24, 2.45) is 5.41 Å². The first-order chi connectivity index (χ1) is 31.3. The maximum Gasteiger partial charge on any atom is 0.124 e. The number of nitrogens with zero attached hydrogens (tertiary/aromatic N) is 3. The van der Waals surface area contributed by atoms with Gasteiger partial charge in [-0.05, 0) is 97.4 Å². The summed E-state index contributed by atoms with van der Waals surface area (Å²) in [6, 6.07) is 59.0. The first kappa shape index (κ1) is 41.6. The zero-order valence-electron chi connectivity index (χ0n) is 39.4. The van der Waals surface area contributed by atoms with E-state index >= 15 is 0 Å². The maximum atomic E-state index is 8.21. The summed E-state index contributed by atoms with van der Waals surface area (Å²) in [7, 11) is 0. The van der Waals surface area contributed by atoms with E-state index in [0.717, 1.165) is 60.9 Å². The van der Waals surface area contributed by atoms with Crippen molar-refractivity contribution in [1.82, 2.24) is 14.5 Å². The number of furan rings is 1. The Kier molecular flexibility index (Phi) is 12.2. The van der Waals surface area contributed by atoms with Crippen molar-refractivity contribution in [1.29, 1.82) is 0 Å². The van der Waals surface area contributed by atoms with Crippen LogP contribution in [-0.2, 0) is 26.5 Å². The molecular formula is C59H53IrN3O-2. The molecule has 7 aromatic carbocycles. The van der Waals surface area contributed by atoms with Gasteiger partial charge in [-0.25, -0.2) is 0 Å². The SMILES string of the molecule is CC(C)c1cc(-c2ccccc2)cc(C(C)C)c1-n1ccnc1-c1[c-]c2ccccc2c2c1oc1cc(-c3ccccc3)ccc12.[2H]C([2H])(c1ccc(-c2[c-]cccc2)nc1)C(C)(C)C.[Ir]. The molecule has 10 rings (SSSR count). The van der Waals surface area contributed by atoms with Crippen molar-refractivity contribution >= 4 is 32.7 Å². The quantitative estimate of drug-likeness (QED) is 0.143. The fraction of sp³-hybridized carbons (Fsp3) is 0.186. The second-order valence-corrected chi connectivity index (χ2v) is 17.8. The van der Waals surface area contributed by atoms with Gasteiger partial charge in [0.15, 0.2) is 0 Å². The monoisotopic (exact) mass is 1010 g/mol. The van der Waals surface area contributed by atoms with E-state index in [4.69, 9.17) is 12.1 Å². The molecule has 0 aliphatic carbocycles. The number of imidazole rings is 1. The molecule has 0 aliphatic rings. The van der Waals surface area contributed by atoms with Crippen molar-refractivity contribution < 1.29 is 27.3 Å². The summed E-state index contributed by atoms with van der Waals surface area (Å²) >= 11 is 0. The smallest absolute Gasteiger partial charge is 0.124 e. The fourth-order valence-electron chi connectivity index (χ4n) is 8.43. The minimum atomic E-state index is -1.40. The second-order valence-electron chi connectivity index (χ2n) is 17.8. The first-order valence-corrected chi connectivity index (χ1v) is 21.9. The molecular weight excluding hydrogens is 959 g/mol. The molecule has 0 unspecified atom stereocenters. The minimum Gasteiger partial charge on any atom is -0.491 e. The molecule has 0 saturated heterocycles. The standard InChI is InChI=1S/C43H35N2O.C16H18N.Ir/c1-27(2)36-24-33(30-15-9-6-10-16-30)25-37(28(3)4)41(36)45-22-21-44-43(45)38-23-32-17-11-12-18-34(32)40-35-20-19-31(26-39(35)46-42(38)40)29-13-7-5-8-14-29;1-16(2,3)11-13-9-10-15(17-12-13)14-7-5-4-6-8-14;/h5-22,24-28H,1-4H3;4-7,9-10,12H,11H2,1-3H3;/q2*-1;/i;11D2;. The van der Waals surface area contributed by atoms with Crippen LogP contribution in [0.4, 0.5) is 0 Å². The molecule has 0 amide bonds. The number of benzene rings is 7. The summed E-state index contributed by atoms with van der Waals surface area (Å²) in [6.45, 7) is 14.8. The molecule has 1 radical (unpaired) electrons. The molecule has 64 heavy (non-hydrogen) atoms. The molecule has 321 valence electrons. The van der Waals surface area contributed by atoms with Crippen LogP contribution in [-0.4, -0.2) is 14.5 Å². The molecule has 0 spiro atoms. The van der Waals surface area contributed by atoms with E-state index < -0.39 is 11.8 Å². The van der Waals surface area contributed by atoms with Gasteiger partial charge in [0.1, 0.15) is 5.58 Å². The Morgan fingerprint density at radius 1 is 0.672 bits per heavy atom. The van der Waals surface area contributed by atoms with Crippen LogP contribution in [0.15, 0.2) is 175 Å². The van der Waals surface area contributed by atoms with Gasteiger partial charge in [0.05, 0.1) is 11.4 Å². The van der Waals surface area contributed by atoms with E-state index in [0.29, 0.717) is 17.4 Å². The Labute approximate surface area is 394 Å². The fourth-order valence-corrected chi connectivity index (χ4v) is 8.43. The van der Waals surface area contributed by atoms with Crippen molar-refractivity contribution in [2.45, 2.75) is 66.7 Å². The molecule has 0 bridgehead atoms. The van der Waals surface area contributed by atoms with E-state index in [2.05, 4.69) is 165 Å². The Hall–Kier alpha value is -6.39. The second kappa shape index (κ2) is 18.8. The largest absolute Gasteiger partial charge is 0.491 e. The predicted octanol–water partition coefficient (Wildman–Crippen LogP) is 16.1. The van der Waals surface area contributed by atoms with E-state index in [1.807, 2.05) is 69.4 Å². The molecule has 5 heteroatoms. The molecule has 10 aromatic rings. The topological polar surface area (TPSA) is 43.9 Å². The third kappa shape index (κ3) is 9.15. The summed E-state index contributed by atoms with van der Waals surface area (Å²) < 4.78 is 25.5. The third-order valence-corrected chi connectivity index (χ3v) is 11.4. The van der Waals surface area contributed by atoms with Crippen molar-refractivity contribution in [2.75, 3.05) is 0 Å². The number of pyridine rings is 1. The third-order valence-electron chi connectivity index (χ3n) is 11.4. The molecule has 0 aliphatic heterocycles. The Morgan fingerprint density at radius 3 is 1.95 bits per heavy atom. The summed E-state index contributed by atoms with van der Waals surface area (Å²) in [5.74, 6) is 1.43. The molecule has 3 heterocycles. The van der Waals surface area contributed by atoms with Crippen LogP contribution in [0, 0.1) is 17.5 Å². The summed E-state index contributed by atoms with van der Waals surface area (Å²) in [5.41, 5.74) is 13.0. The van der Waals surface area contributed by atoms with Gasteiger partial charge in [0, 0.05) is 52.5 Å². The maximum absolute atomic E-state index is 8.21. The normalized spacial score (nSPS) is 12.3. The van der Waals surface area contributed by atoms with Crippen LogP contribution in [0.3, 0.4) is 0 Å². The number of rotatable bonds is 8. The van der Waals surface area contributed by atoms with Crippen LogP contribution in [0.2, 0.25) is 0 Å². The average molecular weight is 1010 g/mol. The van der Waals surface area contributed by atoms with Crippen LogP contribution in [0.25, 0.3) is 83.3 Å². The first-order valence-electron chi connectivity index (χ1n) is 22.9. The Balaban J connectivity index is 0.000000249. The number of hydrogen-bond donors (Lipinski definition) is 0. The number of fused-ring (bicyclic) bond motifs is 5. The molecule has 4 nitrogen and oxygen atoms in total. The van der Waals surface area contributed by atoms with Crippen molar-refractivity contribution in [3.05, 3.63) is 199 Å². The predicted molar refractivity (Wildman–Crippen MR) is 263 cm³/mol. The van der Waals surface area contributed by atoms with Gasteiger partial charge in [-0.15, -0.1) is 53.4 Å². The molecule has 0 fully saturated rings. The summed E-state index contributed by atoms with van der Waals surface area (Å²) in [4.78, 5) is 9.37. The minimum absolute atomic E-state index is 0. The van der Waals surface area contributed by atoms with Gasteiger partial charge < -0.3 is 14.0 Å². The summed E-state index contributed by atoms with van der Waals surface area (Å²) in [5, 5.41) is 4.36. The average Bonchev–Trinajstić information content (AvgIpc) is 3.97. The van der Waals surface area contributed by atoms with E-state index in [9.17, 15) is 0 Å². The van der Waals surface area contributed by atoms with Gasteiger partial charge in [0.25, 0.3) is 0 Å². The zero-order valence-corrected chi connectivity index (χ0v) is 39.8. The zero-order chi connectivity index (χ0) is 45.5. The van der Waals surface area contributed by atoms with Gasteiger partial charge in [-0.2, -0.15) is 0 Å². The Morgan fingerprint density at radius 2 is 1.33 bits per heavy atom. The van der Waals surface area contributed by atoms with Crippen LogP contribution in [0.1, 0.15) is 79.7 Å². The van der Waals surface area contributed by atoms with E-state index in [1.165, 1.54) is 33.5 Å². The van der Waals surface area contributed by atoms with Crippen LogP contribution >= 0.6 is 0 Å². The number of hydrogen-bond acceptors (Lipinski definition) is 3. The van der Waals surface area contributed by atoms with Crippen molar-refractivity contribution in [3.63, 3.8) is 0 Å². The van der Waals surface area contributed by atoms with E-state index in [-0.39, 0.29) is 20.1 Å².